The van der Waals surface area contributed by atoms with E-state index in [2.05, 4.69) is 15.3 Å². The van der Waals surface area contributed by atoms with Crippen LogP contribution in [-0.4, -0.2) is 35.0 Å². The van der Waals surface area contributed by atoms with Crippen LogP contribution < -0.4 is 20.5 Å². The molecule has 0 bridgehead atoms. The molecular weight excluding hydrogens is 392 g/mol. The smallest absolute Gasteiger partial charge is 0.265 e. The number of rotatable bonds is 10. The maximum atomic E-state index is 12.1. The Hall–Kier alpha value is -3.33. The Morgan fingerprint density at radius 2 is 2.00 bits per heavy atom. The van der Waals surface area contributed by atoms with Gasteiger partial charge in [0.25, 0.3) is 5.91 Å². The number of para-hydroxylation sites is 2. The Kier molecular flexibility index (Phi) is 6.85. The molecule has 0 atom stereocenters. The minimum absolute atomic E-state index is 0.139. The highest BCUT2D eigenvalue weighted by atomic mass is 32.1. The molecule has 0 aliphatic rings. The third-order valence-electron chi connectivity index (χ3n) is 3.95. The highest BCUT2D eigenvalue weighted by Crippen LogP contribution is 2.27. The van der Waals surface area contributed by atoms with Crippen LogP contribution in [0.25, 0.3) is 11.3 Å². The van der Waals surface area contributed by atoms with Crippen molar-refractivity contribution >= 4 is 28.3 Å². The predicted octanol–water partition coefficient (Wildman–Crippen LogP) is 3.43. The normalized spacial score (nSPS) is 10.5. The second-order valence-electron chi connectivity index (χ2n) is 6.08. The van der Waals surface area contributed by atoms with Crippen LogP contribution in [0.2, 0.25) is 0 Å². The second kappa shape index (κ2) is 9.74. The van der Waals surface area contributed by atoms with Crippen LogP contribution >= 0.6 is 11.3 Å². The number of primary amides is 1. The Balaban J connectivity index is 1.45. The van der Waals surface area contributed by atoms with Crippen molar-refractivity contribution in [3.63, 3.8) is 0 Å². The van der Waals surface area contributed by atoms with Crippen LogP contribution in [0.5, 0.6) is 11.5 Å². The number of H-pyrrole nitrogens is 1. The molecule has 3 rings (SSSR count). The number of carbonyl (C=O) groups excluding carboxylic acids is 2. The molecule has 1 aromatic carbocycles. The Morgan fingerprint density at radius 3 is 2.69 bits per heavy atom. The Morgan fingerprint density at radius 1 is 1.24 bits per heavy atom. The van der Waals surface area contributed by atoms with E-state index in [0.717, 1.165) is 5.56 Å². The molecule has 3 aromatic rings. The number of hydrogen-bond donors (Lipinski definition) is 3. The number of amides is 2. The number of nitrogens with zero attached hydrogens (tertiary/aromatic N) is 1. The standard InChI is InChI=1S/C20H22N4O4S/c1-2-27-16-6-3-4-7-17(16)28-9-5-8-18(25)24-20-23-15(12-29-20)13-10-14(19(21)26)22-11-13/h3-4,6-7,10-12,22H,2,5,8-9H2,1H3,(H2,21,26)(H,23,24,25). The SMILES string of the molecule is CCOc1ccccc1OCCCC(=O)Nc1nc(-c2c[nH]c(C(N)=O)c2)cs1. The van der Waals surface area contributed by atoms with E-state index in [1.165, 1.54) is 11.3 Å². The number of anilines is 1. The maximum absolute atomic E-state index is 12.1. The first-order chi connectivity index (χ1) is 14.1. The van der Waals surface area contributed by atoms with Gasteiger partial charge in [-0.2, -0.15) is 0 Å². The van der Waals surface area contributed by atoms with E-state index < -0.39 is 5.91 Å². The van der Waals surface area contributed by atoms with Gasteiger partial charge in [-0.3, -0.25) is 9.59 Å². The monoisotopic (exact) mass is 414 g/mol. The molecule has 9 heteroatoms. The fourth-order valence-corrected chi connectivity index (χ4v) is 3.32. The minimum Gasteiger partial charge on any atom is -0.490 e. The molecule has 29 heavy (non-hydrogen) atoms. The summed E-state index contributed by atoms with van der Waals surface area (Å²) in [6.45, 7) is 2.88. The Labute approximate surface area is 172 Å². The van der Waals surface area contributed by atoms with Gasteiger partial charge in [-0.1, -0.05) is 12.1 Å². The third kappa shape index (κ3) is 5.58. The first-order valence-electron chi connectivity index (χ1n) is 9.15. The number of carbonyl (C=O) groups is 2. The number of nitrogens with two attached hydrogens (primary N) is 1. The number of aromatic amines is 1. The highest BCUT2D eigenvalue weighted by molar-refractivity contribution is 7.14. The van der Waals surface area contributed by atoms with Gasteiger partial charge in [0.1, 0.15) is 5.69 Å². The van der Waals surface area contributed by atoms with E-state index in [4.69, 9.17) is 15.2 Å². The molecule has 0 unspecified atom stereocenters. The summed E-state index contributed by atoms with van der Waals surface area (Å²) in [5.74, 6) is 0.686. The van der Waals surface area contributed by atoms with Crippen molar-refractivity contribution in [2.45, 2.75) is 19.8 Å². The Bertz CT molecular complexity index is 982. The summed E-state index contributed by atoms with van der Waals surface area (Å²) >= 11 is 1.31. The maximum Gasteiger partial charge on any atom is 0.265 e. The lowest BCUT2D eigenvalue weighted by molar-refractivity contribution is -0.116. The van der Waals surface area contributed by atoms with Crippen molar-refractivity contribution < 1.29 is 19.1 Å². The number of benzene rings is 1. The van der Waals surface area contributed by atoms with Crippen LogP contribution in [0.3, 0.4) is 0 Å². The molecule has 0 saturated carbocycles. The van der Waals surface area contributed by atoms with Crippen molar-refractivity contribution in [2.75, 3.05) is 18.5 Å². The summed E-state index contributed by atoms with van der Waals surface area (Å²) < 4.78 is 11.2. The zero-order chi connectivity index (χ0) is 20.6. The van der Waals surface area contributed by atoms with Crippen LogP contribution in [0, 0.1) is 0 Å². The molecule has 0 fully saturated rings. The van der Waals surface area contributed by atoms with E-state index in [-0.39, 0.29) is 5.91 Å². The first kappa shape index (κ1) is 20.4. The number of nitrogens with one attached hydrogen (secondary N) is 2. The lowest BCUT2D eigenvalue weighted by Crippen LogP contribution is -2.12. The number of ether oxygens (including phenoxy) is 2. The van der Waals surface area contributed by atoms with Gasteiger partial charge in [0.2, 0.25) is 5.91 Å². The number of aromatic nitrogens is 2. The summed E-state index contributed by atoms with van der Waals surface area (Å²) in [4.78, 5) is 30.5. The zero-order valence-electron chi connectivity index (χ0n) is 15.9. The van der Waals surface area contributed by atoms with Crippen molar-refractivity contribution in [1.82, 2.24) is 9.97 Å². The van der Waals surface area contributed by atoms with E-state index >= 15 is 0 Å². The number of thiazole rings is 1. The van der Waals surface area contributed by atoms with E-state index in [9.17, 15) is 9.59 Å². The first-order valence-corrected chi connectivity index (χ1v) is 10.0. The average Bonchev–Trinajstić information content (AvgIpc) is 3.36. The van der Waals surface area contributed by atoms with Gasteiger partial charge in [-0.15, -0.1) is 11.3 Å². The van der Waals surface area contributed by atoms with Gasteiger partial charge < -0.3 is 25.5 Å². The molecule has 2 heterocycles. The second-order valence-corrected chi connectivity index (χ2v) is 6.94. The molecule has 4 N–H and O–H groups in total. The fraction of sp³-hybridized carbons (Fsp3) is 0.250. The molecule has 152 valence electrons. The van der Waals surface area contributed by atoms with Crippen LogP contribution in [0.15, 0.2) is 41.9 Å². The van der Waals surface area contributed by atoms with Gasteiger partial charge >= 0.3 is 0 Å². The quantitative estimate of drug-likeness (QED) is 0.439. The van der Waals surface area contributed by atoms with E-state index in [1.807, 2.05) is 31.2 Å². The van der Waals surface area contributed by atoms with E-state index in [1.54, 1.807) is 17.6 Å². The van der Waals surface area contributed by atoms with Crippen molar-refractivity contribution in [2.24, 2.45) is 5.73 Å². The molecule has 2 amide bonds. The highest BCUT2D eigenvalue weighted by Gasteiger charge is 2.11. The minimum atomic E-state index is -0.536. The van der Waals surface area contributed by atoms with Gasteiger partial charge in [0, 0.05) is 23.6 Å². The van der Waals surface area contributed by atoms with Gasteiger partial charge in [0.05, 0.1) is 18.9 Å². The molecule has 0 aliphatic carbocycles. The predicted molar refractivity (Wildman–Crippen MR) is 111 cm³/mol. The van der Waals surface area contributed by atoms with Crippen molar-refractivity contribution in [3.05, 3.63) is 47.6 Å². The van der Waals surface area contributed by atoms with Gasteiger partial charge in [-0.25, -0.2) is 4.98 Å². The molecule has 0 radical (unpaired) electrons. The van der Waals surface area contributed by atoms with Crippen LogP contribution in [0.1, 0.15) is 30.3 Å². The summed E-state index contributed by atoms with van der Waals surface area (Å²) in [6.07, 6.45) is 2.52. The van der Waals surface area contributed by atoms with E-state index in [0.29, 0.717) is 54.1 Å². The third-order valence-corrected chi connectivity index (χ3v) is 4.71. The molecule has 0 saturated heterocycles. The molecule has 8 nitrogen and oxygen atoms in total. The molecular formula is C20H22N4O4S. The van der Waals surface area contributed by atoms with Crippen LogP contribution in [-0.2, 0) is 4.79 Å². The molecule has 0 spiro atoms. The summed E-state index contributed by atoms with van der Waals surface area (Å²) in [5, 5.41) is 5.08. The largest absolute Gasteiger partial charge is 0.490 e. The average molecular weight is 414 g/mol. The van der Waals surface area contributed by atoms with Crippen LogP contribution in [0.4, 0.5) is 5.13 Å². The lowest BCUT2D eigenvalue weighted by atomic mass is 10.2. The van der Waals surface area contributed by atoms with Gasteiger partial charge in [-0.05, 0) is 31.5 Å². The molecule has 2 aromatic heterocycles. The topological polar surface area (TPSA) is 119 Å². The zero-order valence-corrected chi connectivity index (χ0v) is 16.8. The lowest BCUT2D eigenvalue weighted by Gasteiger charge is -2.11. The summed E-state index contributed by atoms with van der Waals surface area (Å²) in [7, 11) is 0. The van der Waals surface area contributed by atoms with Gasteiger partial charge in [0.15, 0.2) is 16.6 Å². The number of hydrogen-bond acceptors (Lipinski definition) is 6. The van der Waals surface area contributed by atoms with Crippen molar-refractivity contribution in [1.29, 1.82) is 0 Å². The fourth-order valence-electron chi connectivity index (χ4n) is 2.59. The molecule has 0 aliphatic heterocycles. The summed E-state index contributed by atoms with van der Waals surface area (Å²) in [6, 6.07) is 9.08. The van der Waals surface area contributed by atoms with Crippen molar-refractivity contribution in [3.8, 4) is 22.8 Å². The summed E-state index contributed by atoms with van der Waals surface area (Å²) in [5.41, 5.74) is 6.93.